The van der Waals surface area contributed by atoms with E-state index in [0.717, 1.165) is 16.7 Å². The van der Waals surface area contributed by atoms with Crippen LogP contribution in [0, 0.1) is 5.92 Å². The van der Waals surface area contributed by atoms with E-state index in [0.29, 0.717) is 35.9 Å². The maximum absolute atomic E-state index is 12.5. The molecule has 0 bridgehead atoms. The Hall–Kier alpha value is -2.22. The van der Waals surface area contributed by atoms with E-state index in [1.807, 2.05) is 11.6 Å². The first kappa shape index (κ1) is 20.1. The minimum absolute atomic E-state index is 0.211. The second kappa shape index (κ2) is 9.47. The molecule has 0 aliphatic rings. The molecule has 0 saturated heterocycles. The van der Waals surface area contributed by atoms with Crippen molar-refractivity contribution in [2.24, 2.45) is 13.0 Å². The molecule has 1 N–H and O–H groups in total. The number of carbonyl (C=O) groups excluding carboxylic acids is 1. The van der Waals surface area contributed by atoms with Crippen LogP contribution in [-0.2, 0) is 13.5 Å². The zero-order chi connectivity index (χ0) is 19.1. The molecule has 2 rings (SSSR count). The van der Waals surface area contributed by atoms with Gasteiger partial charge in [0.15, 0.2) is 16.7 Å². The van der Waals surface area contributed by atoms with Crippen molar-refractivity contribution in [1.29, 1.82) is 0 Å². The molecule has 1 amide bonds. The summed E-state index contributed by atoms with van der Waals surface area (Å²) in [5.41, 5.74) is 0.443. The van der Waals surface area contributed by atoms with Gasteiger partial charge in [-0.25, -0.2) is 0 Å². The lowest BCUT2D eigenvalue weighted by Crippen LogP contribution is -2.27. The number of para-hydroxylation sites is 1. The van der Waals surface area contributed by atoms with Gasteiger partial charge in [0, 0.05) is 25.8 Å². The molecular formula is C18H26N4O3S. The van der Waals surface area contributed by atoms with Gasteiger partial charge >= 0.3 is 0 Å². The van der Waals surface area contributed by atoms with Crippen molar-refractivity contribution in [3.05, 3.63) is 29.6 Å². The minimum atomic E-state index is -0.211. The van der Waals surface area contributed by atoms with Crippen LogP contribution in [-0.4, -0.2) is 47.2 Å². The molecule has 0 radical (unpaired) electrons. The number of benzene rings is 1. The van der Waals surface area contributed by atoms with Crippen molar-refractivity contribution >= 4 is 17.7 Å². The van der Waals surface area contributed by atoms with Gasteiger partial charge in [0.1, 0.15) is 5.82 Å². The fourth-order valence-electron chi connectivity index (χ4n) is 2.38. The van der Waals surface area contributed by atoms with Crippen LogP contribution in [0.15, 0.2) is 23.4 Å². The number of thioether (sulfide) groups is 1. The Kier molecular flexibility index (Phi) is 7.32. The van der Waals surface area contributed by atoms with Crippen molar-refractivity contribution in [2.45, 2.75) is 25.4 Å². The molecule has 0 atom stereocenters. The second-order valence-corrected chi connectivity index (χ2v) is 7.20. The number of nitrogens with one attached hydrogen (secondary N) is 1. The largest absolute Gasteiger partial charge is 0.493 e. The molecule has 142 valence electrons. The van der Waals surface area contributed by atoms with E-state index in [9.17, 15) is 4.79 Å². The monoisotopic (exact) mass is 378 g/mol. The first-order valence-electron chi connectivity index (χ1n) is 8.48. The molecule has 26 heavy (non-hydrogen) atoms. The first-order chi connectivity index (χ1) is 12.5. The van der Waals surface area contributed by atoms with E-state index >= 15 is 0 Å². The lowest BCUT2D eigenvalue weighted by molar-refractivity contribution is 0.0950. The summed E-state index contributed by atoms with van der Waals surface area (Å²) in [7, 11) is 5.01. The van der Waals surface area contributed by atoms with Gasteiger partial charge in [-0.15, -0.1) is 10.2 Å². The molecule has 1 aromatic carbocycles. The highest BCUT2D eigenvalue weighted by molar-refractivity contribution is 7.99. The molecular weight excluding hydrogens is 352 g/mol. The molecule has 0 unspecified atom stereocenters. The van der Waals surface area contributed by atoms with Gasteiger partial charge in [0.2, 0.25) is 0 Å². The summed E-state index contributed by atoms with van der Waals surface area (Å²) in [5.74, 6) is 3.18. The number of methoxy groups -OCH3 is 2. The Balaban J connectivity index is 1.95. The van der Waals surface area contributed by atoms with Crippen LogP contribution in [0.4, 0.5) is 0 Å². The van der Waals surface area contributed by atoms with E-state index in [2.05, 4.69) is 29.4 Å². The second-order valence-electron chi connectivity index (χ2n) is 6.21. The lowest BCUT2D eigenvalue weighted by Gasteiger charge is -2.12. The van der Waals surface area contributed by atoms with Gasteiger partial charge in [-0.1, -0.05) is 31.7 Å². The molecule has 2 aromatic rings. The molecule has 1 aromatic heterocycles. The van der Waals surface area contributed by atoms with Gasteiger partial charge in [0.05, 0.1) is 19.8 Å². The van der Waals surface area contributed by atoms with Crippen LogP contribution < -0.4 is 14.8 Å². The fraction of sp³-hybridized carbons (Fsp3) is 0.500. The SMILES string of the molecule is COc1cccc(C(=O)NCCc2nnc(SCC(C)C)n2C)c1OC. The number of rotatable bonds is 9. The third kappa shape index (κ3) is 4.91. The average molecular weight is 378 g/mol. The van der Waals surface area contributed by atoms with Crippen molar-refractivity contribution in [3.8, 4) is 11.5 Å². The van der Waals surface area contributed by atoms with E-state index in [-0.39, 0.29) is 5.91 Å². The number of hydrogen-bond acceptors (Lipinski definition) is 6. The standard InChI is InChI=1S/C18H26N4O3S/c1-12(2)11-26-18-21-20-15(22(18)3)9-10-19-17(23)13-7-6-8-14(24-4)16(13)25-5/h6-8,12H,9-11H2,1-5H3,(H,19,23). The zero-order valence-electron chi connectivity index (χ0n) is 15.9. The summed E-state index contributed by atoms with van der Waals surface area (Å²) in [6.45, 7) is 4.80. The highest BCUT2D eigenvalue weighted by Gasteiger charge is 2.16. The zero-order valence-corrected chi connectivity index (χ0v) is 16.7. The summed E-state index contributed by atoms with van der Waals surface area (Å²) >= 11 is 1.69. The van der Waals surface area contributed by atoms with E-state index in [4.69, 9.17) is 9.47 Å². The van der Waals surface area contributed by atoms with Crippen LogP contribution in [0.2, 0.25) is 0 Å². The van der Waals surface area contributed by atoms with Crippen molar-refractivity contribution in [1.82, 2.24) is 20.1 Å². The minimum Gasteiger partial charge on any atom is -0.493 e. The predicted octanol–water partition coefficient (Wildman–Crippen LogP) is 2.55. The molecule has 0 spiro atoms. The first-order valence-corrected chi connectivity index (χ1v) is 9.46. The van der Waals surface area contributed by atoms with Crippen LogP contribution in [0.5, 0.6) is 11.5 Å². The number of nitrogens with zero attached hydrogens (tertiary/aromatic N) is 3. The highest BCUT2D eigenvalue weighted by atomic mass is 32.2. The summed E-state index contributed by atoms with van der Waals surface area (Å²) in [5, 5.41) is 12.2. The predicted molar refractivity (Wildman–Crippen MR) is 102 cm³/mol. The van der Waals surface area contributed by atoms with Crippen LogP contribution in [0.3, 0.4) is 0 Å². The summed E-state index contributed by atoms with van der Waals surface area (Å²) in [4.78, 5) is 12.5. The number of hydrogen-bond donors (Lipinski definition) is 1. The van der Waals surface area contributed by atoms with E-state index < -0.39 is 0 Å². The molecule has 0 aliphatic heterocycles. The van der Waals surface area contributed by atoms with Crippen LogP contribution >= 0.6 is 11.8 Å². The Morgan fingerprint density at radius 3 is 2.69 bits per heavy atom. The van der Waals surface area contributed by atoms with Gasteiger partial charge in [-0.2, -0.15) is 0 Å². The number of amides is 1. The fourth-order valence-corrected chi connectivity index (χ4v) is 3.26. The van der Waals surface area contributed by atoms with Gasteiger partial charge in [0.25, 0.3) is 5.91 Å². The molecule has 8 heteroatoms. The smallest absolute Gasteiger partial charge is 0.255 e. The highest BCUT2D eigenvalue weighted by Crippen LogP contribution is 2.30. The third-order valence-electron chi connectivity index (χ3n) is 3.75. The number of ether oxygens (including phenoxy) is 2. The molecule has 0 saturated carbocycles. The maximum Gasteiger partial charge on any atom is 0.255 e. The molecule has 0 aliphatic carbocycles. The Morgan fingerprint density at radius 2 is 2.04 bits per heavy atom. The van der Waals surface area contributed by atoms with Gasteiger partial charge < -0.3 is 19.4 Å². The third-order valence-corrected chi connectivity index (χ3v) is 5.20. The van der Waals surface area contributed by atoms with Crippen LogP contribution in [0.1, 0.15) is 30.0 Å². The number of carbonyl (C=O) groups is 1. The Morgan fingerprint density at radius 1 is 1.27 bits per heavy atom. The van der Waals surface area contributed by atoms with E-state index in [1.165, 1.54) is 7.11 Å². The molecule has 7 nitrogen and oxygen atoms in total. The van der Waals surface area contributed by atoms with Gasteiger partial charge in [-0.3, -0.25) is 4.79 Å². The Labute approximate surface area is 158 Å². The van der Waals surface area contributed by atoms with Gasteiger partial charge in [-0.05, 0) is 18.1 Å². The topological polar surface area (TPSA) is 78.3 Å². The summed E-state index contributed by atoms with van der Waals surface area (Å²) in [6.07, 6.45) is 0.601. The normalized spacial score (nSPS) is 10.8. The lowest BCUT2D eigenvalue weighted by atomic mass is 10.1. The van der Waals surface area contributed by atoms with Crippen LogP contribution in [0.25, 0.3) is 0 Å². The summed E-state index contributed by atoms with van der Waals surface area (Å²) in [6, 6.07) is 5.22. The quantitative estimate of drug-likeness (QED) is 0.676. The average Bonchev–Trinajstić information content (AvgIpc) is 2.98. The molecule has 0 fully saturated rings. The molecule has 1 heterocycles. The maximum atomic E-state index is 12.5. The number of aromatic nitrogens is 3. The Bertz CT molecular complexity index is 746. The van der Waals surface area contributed by atoms with Crippen molar-refractivity contribution in [2.75, 3.05) is 26.5 Å². The van der Waals surface area contributed by atoms with Crippen molar-refractivity contribution in [3.63, 3.8) is 0 Å². The van der Waals surface area contributed by atoms with E-state index in [1.54, 1.807) is 37.1 Å². The van der Waals surface area contributed by atoms with Crippen molar-refractivity contribution < 1.29 is 14.3 Å². The summed E-state index contributed by atoms with van der Waals surface area (Å²) < 4.78 is 12.5.